The fourth-order valence-electron chi connectivity index (χ4n) is 0. The van der Waals surface area contributed by atoms with E-state index in [2.05, 4.69) is 0 Å². The van der Waals surface area contributed by atoms with E-state index in [1.807, 2.05) is 13.8 Å². The van der Waals surface area contributed by atoms with Gasteiger partial charge < -0.3 is 0 Å². The van der Waals surface area contributed by atoms with Gasteiger partial charge in [-0.2, -0.15) is 0 Å². The van der Waals surface area contributed by atoms with E-state index in [1.165, 1.54) is 0 Å². The third kappa shape index (κ3) is 286. The van der Waals surface area contributed by atoms with Gasteiger partial charge in [0.05, 0.1) is 0 Å². The maximum Gasteiger partial charge on any atom is 0.231 e. The standard InChI is InChI=1S/C3H7Cl.2CHNO/c1-3(2)4;2*2-1-3/h3H,1-2H3;2*2H. The van der Waals surface area contributed by atoms with Gasteiger partial charge in [0.15, 0.2) is 0 Å². The Morgan fingerprint density at radius 2 is 1.20 bits per heavy atom. The summed E-state index contributed by atoms with van der Waals surface area (Å²) in [5, 5.41) is 11.1. The van der Waals surface area contributed by atoms with E-state index < -0.39 is 0 Å². The van der Waals surface area contributed by atoms with Crippen LogP contribution in [-0.4, -0.2) is 17.5 Å². The van der Waals surface area contributed by atoms with E-state index in [0.717, 1.165) is 12.2 Å². The molecule has 58 valence electrons. The van der Waals surface area contributed by atoms with Crippen molar-refractivity contribution in [3.05, 3.63) is 0 Å². The maximum atomic E-state index is 8.35. The molecule has 0 saturated carbocycles. The zero-order chi connectivity index (χ0) is 8.99. The smallest absolute Gasteiger partial charge is 0.222 e. The lowest BCUT2D eigenvalue weighted by molar-refractivity contribution is 0.562. The fraction of sp³-hybridized carbons (Fsp3) is 0.600. The highest BCUT2D eigenvalue weighted by atomic mass is 35.5. The van der Waals surface area contributed by atoms with Crippen molar-refractivity contribution in [2.75, 3.05) is 0 Å². The molecule has 0 radical (unpaired) electrons. The van der Waals surface area contributed by atoms with Gasteiger partial charge in [-0.05, 0) is 13.8 Å². The molecule has 0 amide bonds. The Morgan fingerprint density at radius 3 is 1.20 bits per heavy atom. The number of rotatable bonds is 0. The second kappa shape index (κ2) is 24.4. The van der Waals surface area contributed by atoms with Crippen LogP contribution in [-0.2, 0) is 9.59 Å². The van der Waals surface area contributed by atoms with Gasteiger partial charge in [-0.3, -0.25) is 0 Å². The molecule has 0 rings (SSSR count). The molecule has 0 heterocycles. The molecular formula is C5H9ClN2O2. The molecule has 4 nitrogen and oxygen atoms in total. The Labute approximate surface area is 64.2 Å². The molecule has 2 N–H and O–H groups in total. The van der Waals surface area contributed by atoms with Gasteiger partial charge in [-0.25, -0.2) is 20.4 Å². The summed E-state index contributed by atoms with van der Waals surface area (Å²) in [5.74, 6) is 0. The molecule has 0 aromatic carbocycles. The van der Waals surface area contributed by atoms with Crippen LogP contribution >= 0.6 is 11.6 Å². The average Bonchev–Trinajstić information content (AvgIpc) is 1.65. The van der Waals surface area contributed by atoms with Crippen LogP contribution in [0.25, 0.3) is 0 Å². The summed E-state index contributed by atoms with van der Waals surface area (Å²) in [4.78, 5) is 16.7. The van der Waals surface area contributed by atoms with Gasteiger partial charge in [0.2, 0.25) is 12.2 Å². The van der Waals surface area contributed by atoms with Gasteiger partial charge in [0.1, 0.15) is 0 Å². The zero-order valence-corrected chi connectivity index (χ0v) is 6.53. The zero-order valence-electron chi connectivity index (χ0n) is 5.77. The third-order valence-corrected chi connectivity index (χ3v) is 0. The van der Waals surface area contributed by atoms with Crippen molar-refractivity contribution in [3.63, 3.8) is 0 Å². The highest BCUT2D eigenvalue weighted by Crippen LogP contribution is 1.84. The molecule has 0 aromatic heterocycles. The summed E-state index contributed by atoms with van der Waals surface area (Å²) in [6, 6.07) is 0. The lowest BCUT2D eigenvalue weighted by atomic mass is 10.6. The van der Waals surface area contributed by atoms with Gasteiger partial charge in [0, 0.05) is 5.38 Å². The number of isocyanates is 2. The molecule has 0 aromatic rings. The van der Waals surface area contributed by atoms with Crippen LogP contribution in [0.3, 0.4) is 0 Å². The molecule has 10 heavy (non-hydrogen) atoms. The molecule has 0 aliphatic carbocycles. The Hall–Kier alpha value is -0.950. The number of hydrogen-bond donors (Lipinski definition) is 2. The maximum absolute atomic E-state index is 8.35. The molecule has 0 spiro atoms. The van der Waals surface area contributed by atoms with Crippen molar-refractivity contribution in [2.24, 2.45) is 0 Å². The van der Waals surface area contributed by atoms with Crippen LogP contribution < -0.4 is 0 Å². The van der Waals surface area contributed by atoms with Crippen molar-refractivity contribution < 1.29 is 9.59 Å². The SMILES string of the molecule is CC(C)Cl.N=C=O.N=C=O. The predicted octanol–water partition coefficient (Wildman–Crippen LogP) is 1.44. The van der Waals surface area contributed by atoms with Gasteiger partial charge in [-0.1, -0.05) is 0 Å². The Balaban J connectivity index is -0.0000000750. The molecule has 0 atom stereocenters. The number of nitrogens with one attached hydrogen (secondary N) is 2. The number of hydrogen-bond acceptors (Lipinski definition) is 4. The first-order valence-electron chi connectivity index (χ1n) is 2.28. The van der Waals surface area contributed by atoms with Crippen molar-refractivity contribution in [3.8, 4) is 0 Å². The van der Waals surface area contributed by atoms with Crippen LogP contribution in [0.15, 0.2) is 0 Å². The van der Waals surface area contributed by atoms with Crippen molar-refractivity contribution in [1.82, 2.24) is 0 Å². The lowest BCUT2D eigenvalue weighted by Crippen LogP contribution is -1.70. The average molecular weight is 165 g/mol. The summed E-state index contributed by atoms with van der Waals surface area (Å²) >= 11 is 5.27. The largest absolute Gasteiger partial charge is 0.231 e. The van der Waals surface area contributed by atoms with Crippen molar-refractivity contribution in [1.29, 1.82) is 10.8 Å². The monoisotopic (exact) mass is 164 g/mol. The van der Waals surface area contributed by atoms with Crippen LogP contribution in [0, 0.1) is 10.8 Å². The van der Waals surface area contributed by atoms with Crippen LogP contribution in [0.2, 0.25) is 0 Å². The third-order valence-electron chi connectivity index (χ3n) is 0. The first-order valence-corrected chi connectivity index (χ1v) is 2.72. The Morgan fingerprint density at radius 1 is 1.20 bits per heavy atom. The first-order chi connectivity index (χ1) is 4.56. The Kier molecular flexibility index (Phi) is 39.1. The second-order valence-electron chi connectivity index (χ2n) is 1.22. The second-order valence-corrected chi connectivity index (χ2v) is 2.09. The number of alkyl halides is 1. The normalized spacial score (nSPS) is 5.20. The van der Waals surface area contributed by atoms with E-state index >= 15 is 0 Å². The minimum Gasteiger partial charge on any atom is -0.222 e. The molecule has 0 unspecified atom stereocenters. The molecule has 0 aliphatic rings. The van der Waals surface area contributed by atoms with E-state index in [4.69, 9.17) is 32.0 Å². The van der Waals surface area contributed by atoms with Crippen LogP contribution in [0.5, 0.6) is 0 Å². The van der Waals surface area contributed by atoms with Crippen molar-refractivity contribution in [2.45, 2.75) is 19.2 Å². The van der Waals surface area contributed by atoms with E-state index in [-0.39, 0.29) is 0 Å². The molecule has 5 heteroatoms. The molecule has 0 bridgehead atoms. The topological polar surface area (TPSA) is 81.8 Å². The summed E-state index contributed by atoms with van der Waals surface area (Å²) in [6.45, 7) is 3.86. The first kappa shape index (κ1) is 16.0. The van der Waals surface area contributed by atoms with Gasteiger partial charge in [0.25, 0.3) is 0 Å². The van der Waals surface area contributed by atoms with Gasteiger partial charge >= 0.3 is 0 Å². The predicted molar refractivity (Wildman–Crippen MR) is 37.8 cm³/mol. The van der Waals surface area contributed by atoms with E-state index in [1.54, 1.807) is 0 Å². The highest BCUT2D eigenvalue weighted by Gasteiger charge is 1.71. The molecule has 0 fully saturated rings. The quantitative estimate of drug-likeness (QED) is 0.323. The fourth-order valence-corrected chi connectivity index (χ4v) is 0. The lowest BCUT2D eigenvalue weighted by Gasteiger charge is -1.76. The van der Waals surface area contributed by atoms with E-state index in [0.29, 0.717) is 5.38 Å². The minimum atomic E-state index is 0.306. The van der Waals surface area contributed by atoms with Crippen LogP contribution in [0.4, 0.5) is 0 Å². The summed E-state index contributed by atoms with van der Waals surface area (Å²) in [6.07, 6.45) is 1.50. The number of carbonyl (C=O) groups excluding carboxylic acids is 2. The summed E-state index contributed by atoms with van der Waals surface area (Å²) in [7, 11) is 0. The van der Waals surface area contributed by atoms with Gasteiger partial charge in [-0.15, -0.1) is 11.6 Å². The van der Waals surface area contributed by atoms with E-state index in [9.17, 15) is 0 Å². The molecule has 0 saturated heterocycles. The minimum absolute atomic E-state index is 0.306. The van der Waals surface area contributed by atoms with Crippen molar-refractivity contribution >= 4 is 23.8 Å². The highest BCUT2D eigenvalue weighted by molar-refractivity contribution is 6.20. The molecular weight excluding hydrogens is 156 g/mol. The number of halogens is 1. The summed E-state index contributed by atoms with van der Waals surface area (Å²) < 4.78 is 0. The summed E-state index contributed by atoms with van der Waals surface area (Å²) in [5.41, 5.74) is 0. The van der Waals surface area contributed by atoms with Crippen LogP contribution in [0.1, 0.15) is 13.8 Å². The Bertz CT molecular complexity index is 98.1. The molecule has 0 aliphatic heterocycles.